The van der Waals surface area contributed by atoms with E-state index < -0.39 is 44.7 Å². The van der Waals surface area contributed by atoms with E-state index in [2.05, 4.69) is 0 Å². The number of aliphatic hydroxyl groups excluding tert-OH is 1. The van der Waals surface area contributed by atoms with Crippen molar-refractivity contribution in [1.82, 2.24) is 4.90 Å². The third-order valence-corrected chi connectivity index (χ3v) is 11.5. The highest BCUT2D eigenvalue weighted by molar-refractivity contribution is 8.23. The molecule has 8 nitrogen and oxygen atoms in total. The average molecular weight is 489 g/mol. The van der Waals surface area contributed by atoms with Crippen LogP contribution in [0.15, 0.2) is 9.93 Å². The number of fused-ring (bicyclic) bond motifs is 1. The number of ether oxygens (including phenoxy) is 2. The van der Waals surface area contributed by atoms with E-state index in [4.69, 9.17) is 9.47 Å². The number of rotatable bonds is 9. The van der Waals surface area contributed by atoms with E-state index in [1.807, 2.05) is 13.8 Å². The van der Waals surface area contributed by atoms with Gasteiger partial charge in [-0.25, -0.2) is 4.79 Å². The van der Waals surface area contributed by atoms with Gasteiger partial charge in [-0.05, 0) is 45.2 Å². The van der Waals surface area contributed by atoms with Gasteiger partial charge in [0.05, 0.1) is 16.3 Å². The zero-order chi connectivity index (χ0) is 22.9. The summed E-state index contributed by atoms with van der Waals surface area (Å²) in [4.78, 5) is 49.2. The molecule has 0 spiro atoms. The minimum absolute atomic E-state index is 0.153. The molecule has 4 atom stereocenters. The van der Waals surface area contributed by atoms with Crippen LogP contribution in [-0.2, 0) is 23.9 Å². The number of hydrogen-bond donors (Lipinski definition) is 2. The standard InChI is InChI=1S/C20H30NO7S2Si/c1-5-12(6-2)15(23)27-10-28-16(24)14-17(29-13-7-8-31(26)9-13)30-19-20(4,11(3)22)18(25)21(14)19/h11-13,19,22,26H,5-10H2,1-4H3/t11-,13+,19-,20+/m1/s1. The maximum absolute atomic E-state index is 12.9. The van der Waals surface area contributed by atoms with Gasteiger partial charge in [0.1, 0.15) is 10.8 Å². The Morgan fingerprint density at radius 2 is 2.03 bits per heavy atom. The van der Waals surface area contributed by atoms with Gasteiger partial charge in [-0.2, -0.15) is 0 Å². The molecule has 173 valence electrons. The second-order valence-electron chi connectivity index (χ2n) is 8.32. The molecule has 2 saturated heterocycles. The number of carbonyl (C=O) groups is 3. The summed E-state index contributed by atoms with van der Waals surface area (Å²) < 4.78 is 11.0. The van der Waals surface area contributed by atoms with Crippen LogP contribution in [0.3, 0.4) is 0 Å². The second-order valence-corrected chi connectivity index (χ2v) is 13.0. The average Bonchev–Trinajstić information content (AvgIpc) is 3.30. The van der Waals surface area contributed by atoms with Gasteiger partial charge >= 0.3 is 11.9 Å². The number of β-lactam (4-membered cyclic amide) rings is 1. The van der Waals surface area contributed by atoms with E-state index in [1.54, 1.807) is 13.8 Å². The number of amides is 1. The molecule has 0 bridgehead atoms. The lowest BCUT2D eigenvalue weighted by molar-refractivity contribution is -0.177. The molecule has 31 heavy (non-hydrogen) atoms. The molecule has 2 fully saturated rings. The molecular weight excluding hydrogens is 458 g/mol. The lowest BCUT2D eigenvalue weighted by Crippen LogP contribution is -2.68. The molecule has 3 aliphatic rings. The lowest BCUT2D eigenvalue weighted by atomic mass is 9.75. The van der Waals surface area contributed by atoms with Crippen LogP contribution in [0.2, 0.25) is 12.1 Å². The van der Waals surface area contributed by atoms with Gasteiger partial charge in [-0.3, -0.25) is 14.5 Å². The third-order valence-electron chi connectivity index (χ3n) is 6.34. The Morgan fingerprint density at radius 1 is 1.35 bits per heavy atom. The van der Waals surface area contributed by atoms with Crippen LogP contribution in [-0.4, -0.2) is 65.2 Å². The van der Waals surface area contributed by atoms with Gasteiger partial charge in [-0.15, -0.1) is 11.8 Å². The van der Waals surface area contributed by atoms with Crippen LogP contribution < -0.4 is 0 Å². The Labute approximate surface area is 192 Å². The van der Waals surface area contributed by atoms with Crippen LogP contribution in [0.5, 0.6) is 0 Å². The summed E-state index contributed by atoms with van der Waals surface area (Å²) in [6, 6.07) is 1.53. The fourth-order valence-electron chi connectivity index (χ4n) is 3.97. The number of thioether (sulfide) groups is 2. The fourth-order valence-corrected chi connectivity index (χ4v) is 9.79. The van der Waals surface area contributed by atoms with Gasteiger partial charge in [0.15, 0.2) is 5.70 Å². The number of carbonyl (C=O) groups excluding carboxylic acids is 3. The summed E-state index contributed by atoms with van der Waals surface area (Å²) in [5.74, 6) is -1.69. The van der Waals surface area contributed by atoms with Gasteiger partial charge in [0.25, 0.3) is 0 Å². The van der Waals surface area contributed by atoms with Crippen molar-refractivity contribution in [3.63, 3.8) is 0 Å². The minimum Gasteiger partial charge on any atom is -0.431 e. The highest BCUT2D eigenvalue weighted by Gasteiger charge is 2.66. The molecule has 11 heteroatoms. The van der Waals surface area contributed by atoms with Crippen molar-refractivity contribution >= 4 is 50.4 Å². The van der Waals surface area contributed by atoms with Crippen molar-refractivity contribution in [2.75, 3.05) is 6.79 Å². The number of aliphatic hydroxyl groups is 1. The molecule has 1 radical (unpaired) electrons. The molecule has 0 aromatic carbocycles. The zero-order valence-electron chi connectivity index (χ0n) is 18.3. The minimum atomic E-state index is -1.32. The topological polar surface area (TPSA) is 113 Å². The monoisotopic (exact) mass is 488 g/mol. The van der Waals surface area contributed by atoms with Crippen LogP contribution in [0.4, 0.5) is 0 Å². The summed E-state index contributed by atoms with van der Waals surface area (Å²) in [5, 5.41) is 9.98. The number of hydrogen-bond acceptors (Lipinski definition) is 9. The van der Waals surface area contributed by atoms with E-state index in [0.29, 0.717) is 17.1 Å². The SMILES string of the molecule is CCC(CC)C(=O)OCOC(=O)C1=C(S[C@H]2CC[Si](O)C2)S[C@H]2N1C(=O)[C@]2(C)[C@@H](C)O. The first-order valence-electron chi connectivity index (χ1n) is 10.6. The predicted octanol–water partition coefficient (Wildman–Crippen LogP) is 2.43. The molecule has 2 N–H and O–H groups in total. The molecule has 0 aliphatic carbocycles. The normalized spacial score (nSPS) is 29.3. The first kappa shape index (κ1) is 24.6. The molecule has 3 rings (SSSR count). The van der Waals surface area contributed by atoms with Crippen molar-refractivity contribution < 1.29 is 33.8 Å². The summed E-state index contributed by atoms with van der Waals surface area (Å²) >= 11 is 2.88. The summed E-state index contributed by atoms with van der Waals surface area (Å²) in [6.07, 6.45) is 1.28. The van der Waals surface area contributed by atoms with E-state index in [1.165, 1.54) is 28.4 Å². The fraction of sp³-hybridized carbons (Fsp3) is 0.750. The molecule has 0 unspecified atom stereocenters. The van der Waals surface area contributed by atoms with E-state index in [9.17, 15) is 24.3 Å². The maximum atomic E-state index is 12.9. The Balaban J connectivity index is 1.73. The highest BCUT2D eigenvalue weighted by Crippen LogP contribution is 2.60. The number of esters is 2. The predicted molar refractivity (Wildman–Crippen MR) is 120 cm³/mol. The number of nitrogens with zero attached hydrogens (tertiary/aromatic N) is 1. The van der Waals surface area contributed by atoms with Gasteiger partial charge < -0.3 is 19.4 Å². The van der Waals surface area contributed by atoms with Crippen molar-refractivity contribution in [2.45, 2.75) is 75.8 Å². The Kier molecular flexibility index (Phi) is 7.83. The molecule has 3 heterocycles. The van der Waals surface area contributed by atoms with Gasteiger partial charge in [0.2, 0.25) is 21.7 Å². The quantitative estimate of drug-likeness (QED) is 0.219. The van der Waals surface area contributed by atoms with Crippen molar-refractivity contribution in [3.05, 3.63) is 9.93 Å². The Bertz CT molecular complexity index is 773. The Morgan fingerprint density at radius 3 is 2.58 bits per heavy atom. The van der Waals surface area contributed by atoms with Crippen LogP contribution in [0.1, 0.15) is 47.0 Å². The summed E-state index contributed by atoms with van der Waals surface area (Å²) in [7, 11) is -1.32. The Hall–Kier alpha value is -1.01. The second kappa shape index (κ2) is 9.86. The largest absolute Gasteiger partial charge is 0.431 e. The van der Waals surface area contributed by atoms with Crippen LogP contribution in [0.25, 0.3) is 0 Å². The van der Waals surface area contributed by atoms with Crippen molar-refractivity contribution in [2.24, 2.45) is 11.3 Å². The van der Waals surface area contributed by atoms with E-state index >= 15 is 0 Å². The van der Waals surface area contributed by atoms with Crippen molar-refractivity contribution in [1.29, 1.82) is 0 Å². The molecule has 0 saturated carbocycles. The third kappa shape index (κ3) is 4.57. The van der Waals surface area contributed by atoms with Gasteiger partial charge in [0, 0.05) is 5.25 Å². The van der Waals surface area contributed by atoms with E-state index in [0.717, 1.165) is 18.5 Å². The van der Waals surface area contributed by atoms with Crippen molar-refractivity contribution in [3.8, 4) is 0 Å². The molecule has 3 aliphatic heterocycles. The molecule has 0 aromatic heterocycles. The molecule has 1 amide bonds. The lowest BCUT2D eigenvalue weighted by Gasteiger charge is -2.52. The van der Waals surface area contributed by atoms with Crippen LogP contribution in [0, 0.1) is 11.3 Å². The van der Waals surface area contributed by atoms with Gasteiger partial charge in [-0.1, -0.05) is 25.6 Å². The summed E-state index contributed by atoms with van der Waals surface area (Å²) in [5.41, 5.74) is -0.831. The van der Waals surface area contributed by atoms with Crippen LogP contribution >= 0.6 is 23.5 Å². The first-order chi connectivity index (χ1) is 14.6. The highest BCUT2D eigenvalue weighted by atomic mass is 32.2. The smallest absolute Gasteiger partial charge is 0.359 e. The molecule has 0 aromatic rings. The van der Waals surface area contributed by atoms with E-state index in [-0.39, 0.29) is 22.8 Å². The zero-order valence-corrected chi connectivity index (χ0v) is 20.9. The first-order valence-corrected chi connectivity index (χ1v) is 14.2. The summed E-state index contributed by atoms with van der Waals surface area (Å²) in [6.45, 7) is 6.55. The maximum Gasteiger partial charge on any atom is 0.359 e. The molecular formula is C20H30NO7S2Si.